The molecule has 18 heavy (non-hydrogen) atoms. The third-order valence-electron chi connectivity index (χ3n) is 3.25. The van der Waals surface area contributed by atoms with E-state index in [0.717, 1.165) is 36.5 Å². The van der Waals surface area contributed by atoms with Gasteiger partial charge in [0.15, 0.2) is 0 Å². The predicted molar refractivity (Wildman–Crippen MR) is 75.2 cm³/mol. The molecule has 0 atom stereocenters. The molecule has 0 saturated heterocycles. The molecule has 1 heterocycles. The second-order valence-electron chi connectivity index (χ2n) is 5.54. The van der Waals surface area contributed by atoms with Crippen LogP contribution in [-0.2, 0) is 0 Å². The summed E-state index contributed by atoms with van der Waals surface area (Å²) in [6, 6.07) is 2.84. The largest absolute Gasteiger partial charge is 0.343 e. The van der Waals surface area contributed by atoms with Crippen LogP contribution in [0.25, 0.3) is 0 Å². The van der Waals surface area contributed by atoms with Crippen molar-refractivity contribution in [3.8, 4) is 0 Å². The molecule has 100 valence electrons. The summed E-state index contributed by atoms with van der Waals surface area (Å²) in [6.07, 6.45) is 2.67. The first kappa shape index (κ1) is 13.3. The van der Waals surface area contributed by atoms with Crippen LogP contribution in [0, 0.1) is 6.92 Å². The van der Waals surface area contributed by atoms with E-state index in [1.54, 1.807) is 0 Å². The molecule has 4 nitrogen and oxygen atoms in total. The number of aromatic nitrogens is 2. The second-order valence-corrected chi connectivity index (χ2v) is 5.54. The van der Waals surface area contributed by atoms with Crippen molar-refractivity contribution in [2.45, 2.75) is 45.6 Å². The summed E-state index contributed by atoms with van der Waals surface area (Å²) in [5.74, 6) is 1.29. The van der Waals surface area contributed by atoms with Gasteiger partial charge in [0.1, 0.15) is 0 Å². The molecule has 0 aliphatic heterocycles. The lowest BCUT2D eigenvalue weighted by Crippen LogP contribution is -2.31. The fourth-order valence-electron chi connectivity index (χ4n) is 1.87. The number of anilines is 1. The van der Waals surface area contributed by atoms with Gasteiger partial charge in [-0.3, -0.25) is 0 Å². The van der Waals surface area contributed by atoms with Gasteiger partial charge in [0.2, 0.25) is 5.95 Å². The highest BCUT2D eigenvalue weighted by Crippen LogP contribution is 2.18. The van der Waals surface area contributed by atoms with E-state index in [9.17, 15) is 0 Å². The highest BCUT2D eigenvalue weighted by molar-refractivity contribution is 5.32. The monoisotopic (exact) mass is 248 g/mol. The van der Waals surface area contributed by atoms with Crippen LogP contribution in [0.3, 0.4) is 0 Å². The maximum Gasteiger partial charge on any atom is 0.225 e. The Balaban J connectivity index is 1.96. The van der Waals surface area contributed by atoms with Gasteiger partial charge in [-0.1, -0.05) is 13.8 Å². The lowest BCUT2D eigenvalue weighted by atomic mass is 10.1. The van der Waals surface area contributed by atoms with E-state index in [2.05, 4.69) is 47.1 Å². The molecule has 0 aromatic carbocycles. The molecule has 1 saturated carbocycles. The third-order valence-corrected chi connectivity index (χ3v) is 3.25. The van der Waals surface area contributed by atoms with Crippen molar-refractivity contribution < 1.29 is 0 Å². The van der Waals surface area contributed by atoms with Gasteiger partial charge in [-0.15, -0.1) is 0 Å². The minimum atomic E-state index is 0.448. The van der Waals surface area contributed by atoms with Crippen molar-refractivity contribution in [2.75, 3.05) is 25.0 Å². The van der Waals surface area contributed by atoms with E-state index < -0.39 is 0 Å². The van der Waals surface area contributed by atoms with Gasteiger partial charge in [-0.05, 0) is 31.7 Å². The maximum atomic E-state index is 4.63. The number of hydrogen-bond acceptors (Lipinski definition) is 4. The fourth-order valence-corrected chi connectivity index (χ4v) is 1.87. The van der Waals surface area contributed by atoms with Crippen molar-refractivity contribution in [3.63, 3.8) is 0 Å². The summed E-state index contributed by atoms with van der Waals surface area (Å²) < 4.78 is 0. The van der Waals surface area contributed by atoms with Crippen LogP contribution >= 0.6 is 0 Å². The molecule has 2 rings (SSSR count). The highest BCUT2D eigenvalue weighted by Gasteiger charge is 2.20. The fraction of sp³-hybridized carbons (Fsp3) is 0.714. The summed E-state index contributed by atoms with van der Waals surface area (Å²) >= 11 is 0. The molecule has 1 aliphatic rings. The summed E-state index contributed by atoms with van der Waals surface area (Å²) in [7, 11) is 2.06. The molecule has 0 amide bonds. The van der Waals surface area contributed by atoms with E-state index >= 15 is 0 Å². The normalized spacial score (nSPS) is 15.2. The van der Waals surface area contributed by atoms with Gasteiger partial charge in [0.25, 0.3) is 0 Å². The van der Waals surface area contributed by atoms with Crippen LogP contribution < -0.4 is 10.2 Å². The van der Waals surface area contributed by atoms with E-state index in [1.807, 2.05) is 6.92 Å². The first-order chi connectivity index (χ1) is 8.56. The minimum absolute atomic E-state index is 0.448. The maximum absolute atomic E-state index is 4.63. The Bertz CT molecular complexity index is 399. The lowest BCUT2D eigenvalue weighted by molar-refractivity contribution is 0.666. The van der Waals surface area contributed by atoms with Crippen molar-refractivity contribution in [1.82, 2.24) is 15.3 Å². The Hall–Kier alpha value is -1.16. The summed E-state index contributed by atoms with van der Waals surface area (Å²) in [6.45, 7) is 8.33. The Morgan fingerprint density at radius 1 is 1.39 bits per heavy atom. The number of likely N-dealkylation sites (N-methyl/N-ethyl adjacent to an activating group) is 1. The van der Waals surface area contributed by atoms with Crippen LogP contribution in [0.5, 0.6) is 0 Å². The predicted octanol–water partition coefficient (Wildman–Crippen LogP) is 2.10. The zero-order valence-electron chi connectivity index (χ0n) is 11.9. The average molecular weight is 248 g/mol. The number of nitrogens with one attached hydrogen (secondary N) is 1. The second kappa shape index (κ2) is 5.65. The Kier molecular flexibility index (Phi) is 4.17. The van der Waals surface area contributed by atoms with E-state index in [-0.39, 0.29) is 0 Å². The van der Waals surface area contributed by atoms with Gasteiger partial charge in [-0.25, -0.2) is 9.97 Å². The quantitative estimate of drug-likeness (QED) is 0.837. The number of hydrogen-bond donors (Lipinski definition) is 1. The highest BCUT2D eigenvalue weighted by atomic mass is 15.2. The zero-order chi connectivity index (χ0) is 13.1. The molecule has 0 spiro atoms. The van der Waals surface area contributed by atoms with E-state index in [4.69, 9.17) is 0 Å². The summed E-state index contributed by atoms with van der Waals surface area (Å²) in [5, 5.41) is 3.51. The molecule has 1 aromatic heterocycles. The van der Waals surface area contributed by atoms with Crippen molar-refractivity contribution in [2.24, 2.45) is 0 Å². The van der Waals surface area contributed by atoms with Gasteiger partial charge in [0.05, 0.1) is 0 Å². The molecular weight excluding hydrogens is 224 g/mol. The molecule has 1 N–H and O–H groups in total. The number of rotatable bonds is 6. The van der Waals surface area contributed by atoms with Crippen LogP contribution in [-0.4, -0.2) is 36.1 Å². The molecule has 4 heteroatoms. The van der Waals surface area contributed by atoms with Crippen molar-refractivity contribution in [1.29, 1.82) is 0 Å². The van der Waals surface area contributed by atoms with Crippen molar-refractivity contribution in [3.05, 3.63) is 17.5 Å². The Labute approximate surface area is 110 Å². The third kappa shape index (κ3) is 3.67. The average Bonchev–Trinajstić information content (AvgIpc) is 3.12. The van der Waals surface area contributed by atoms with E-state index in [1.165, 1.54) is 12.8 Å². The van der Waals surface area contributed by atoms with Crippen LogP contribution in [0.4, 0.5) is 5.95 Å². The number of aryl methyl sites for hydroxylation is 1. The smallest absolute Gasteiger partial charge is 0.225 e. The first-order valence-corrected chi connectivity index (χ1v) is 6.86. The molecule has 1 aromatic rings. The molecule has 0 radical (unpaired) electrons. The topological polar surface area (TPSA) is 41.1 Å². The van der Waals surface area contributed by atoms with Crippen LogP contribution in [0.2, 0.25) is 0 Å². The molecule has 1 fully saturated rings. The molecule has 0 bridgehead atoms. The van der Waals surface area contributed by atoms with E-state index in [0.29, 0.717) is 5.92 Å². The molecular formula is C14H24N4. The van der Waals surface area contributed by atoms with Gasteiger partial charge in [-0.2, -0.15) is 0 Å². The standard InChI is InChI=1S/C14H24N4/c1-10(2)13-9-11(3)16-14(17-13)18(4)8-7-15-12-5-6-12/h9-10,12,15H,5-8H2,1-4H3. The SMILES string of the molecule is Cc1cc(C(C)C)nc(N(C)CCNC2CC2)n1. The van der Waals surface area contributed by atoms with Gasteiger partial charge < -0.3 is 10.2 Å². The molecule has 0 unspecified atom stereocenters. The number of nitrogens with zero attached hydrogens (tertiary/aromatic N) is 3. The van der Waals surface area contributed by atoms with Crippen LogP contribution in [0.1, 0.15) is 44.0 Å². The van der Waals surface area contributed by atoms with Gasteiger partial charge in [0, 0.05) is 37.6 Å². The zero-order valence-corrected chi connectivity index (χ0v) is 11.9. The van der Waals surface area contributed by atoms with Gasteiger partial charge >= 0.3 is 0 Å². The molecule has 1 aliphatic carbocycles. The van der Waals surface area contributed by atoms with Crippen molar-refractivity contribution >= 4 is 5.95 Å². The summed E-state index contributed by atoms with van der Waals surface area (Å²) in [4.78, 5) is 11.3. The Morgan fingerprint density at radius 3 is 2.72 bits per heavy atom. The summed E-state index contributed by atoms with van der Waals surface area (Å²) in [5.41, 5.74) is 2.17. The Morgan fingerprint density at radius 2 is 2.11 bits per heavy atom. The first-order valence-electron chi connectivity index (χ1n) is 6.86. The minimum Gasteiger partial charge on any atom is -0.343 e. The van der Waals surface area contributed by atoms with Crippen LogP contribution in [0.15, 0.2) is 6.07 Å². The lowest BCUT2D eigenvalue weighted by Gasteiger charge is -2.19.